The van der Waals surface area contributed by atoms with Crippen LogP contribution < -0.4 is 10.0 Å². The van der Waals surface area contributed by atoms with Crippen molar-refractivity contribution in [1.29, 1.82) is 0 Å². The van der Waals surface area contributed by atoms with E-state index < -0.39 is 40.5 Å². The number of amidine groups is 1. The molecule has 0 saturated carbocycles. The Kier molecular flexibility index (Phi) is 6.96. The van der Waals surface area contributed by atoms with Gasteiger partial charge in [-0.1, -0.05) is 6.07 Å². The molecule has 12 heteroatoms. The molecule has 1 unspecified atom stereocenters. The van der Waals surface area contributed by atoms with Crippen molar-refractivity contribution in [3.63, 3.8) is 0 Å². The minimum absolute atomic E-state index is 0.0325. The van der Waals surface area contributed by atoms with E-state index in [2.05, 4.69) is 15.0 Å². The summed E-state index contributed by atoms with van der Waals surface area (Å²) < 4.78 is 37.8. The lowest BCUT2D eigenvalue weighted by Crippen LogP contribution is -2.42. The molecular formula is C22H24N4O7S. The van der Waals surface area contributed by atoms with E-state index >= 15 is 0 Å². The monoisotopic (exact) mass is 488 g/mol. The normalized spacial score (nSPS) is 17.8. The Bertz CT molecular complexity index is 1210. The van der Waals surface area contributed by atoms with Gasteiger partial charge in [-0.15, -0.1) is 0 Å². The number of rotatable bonds is 7. The fourth-order valence-corrected chi connectivity index (χ4v) is 4.94. The van der Waals surface area contributed by atoms with Crippen LogP contribution in [0.2, 0.25) is 0 Å². The number of nitrogens with one attached hydrogen (secondary N) is 2. The zero-order valence-corrected chi connectivity index (χ0v) is 19.0. The van der Waals surface area contributed by atoms with Gasteiger partial charge in [-0.3, -0.25) is 19.3 Å². The lowest BCUT2D eigenvalue weighted by atomic mass is 10.2. The predicted molar refractivity (Wildman–Crippen MR) is 121 cm³/mol. The zero-order chi connectivity index (χ0) is 24.1. The molecule has 180 valence electrons. The molecule has 2 aromatic rings. The Morgan fingerprint density at radius 2 is 2.03 bits per heavy atom. The number of esters is 1. The van der Waals surface area contributed by atoms with Crippen LogP contribution in [0.4, 0.5) is 5.69 Å². The van der Waals surface area contributed by atoms with E-state index in [0.717, 1.165) is 6.42 Å². The van der Waals surface area contributed by atoms with Gasteiger partial charge in [0.05, 0.1) is 11.2 Å². The van der Waals surface area contributed by atoms with Crippen molar-refractivity contribution in [1.82, 2.24) is 9.62 Å². The van der Waals surface area contributed by atoms with Gasteiger partial charge >= 0.3 is 5.97 Å². The van der Waals surface area contributed by atoms with Crippen LogP contribution in [0.15, 0.2) is 57.0 Å². The minimum atomic E-state index is -3.83. The minimum Gasteiger partial charge on any atom is -0.459 e. The van der Waals surface area contributed by atoms with E-state index in [1.54, 1.807) is 6.07 Å². The van der Waals surface area contributed by atoms with Crippen LogP contribution in [0.1, 0.15) is 36.2 Å². The van der Waals surface area contributed by atoms with Gasteiger partial charge in [-0.25, -0.2) is 13.2 Å². The first-order valence-corrected chi connectivity index (χ1v) is 12.3. The number of carbonyl (C=O) groups is 3. The fourth-order valence-electron chi connectivity index (χ4n) is 3.80. The van der Waals surface area contributed by atoms with Crippen molar-refractivity contribution in [2.75, 3.05) is 25.0 Å². The third-order valence-corrected chi connectivity index (χ3v) is 6.80. The Hall–Kier alpha value is -3.67. The van der Waals surface area contributed by atoms with Gasteiger partial charge in [-0.2, -0.15) is 0 Å². The highest BCUT2D eigenvalue weighted by atomic mass is 32.2. The van der Waals surface area contributed by atoms with Crippen molar-refractivity contribution in [3.8, 4) is 0 Å². The Morgan fingerprint density at radius 3 is 2.76 bits per heavy atom. The van der Waals surface area contributed by atoms with Crippen molar-refractivity contribution in [2.45, 2.75) is 36.6 Å². The first kappa shape index (κ1) is 23.5. The number of hydrogen-bond acceptors (Lipinski definition) is 8. The summed E-state index contributed by atoms with van der Waals surface area (Å²) in [6.45, 7) is 0.389. The summed E-state index contributed by atoms with van der Waals surface area (Å²) >= 11 is 0. The van der Waals surface area contributed by atoms with E-state index in [-0.39, 0.29) is 16.3 Å². The second-order valence-corrected chi connectivity index (χ2v) is 9.54. The van der Waals surface area contributed by atoms with Crippen LogP contribution in [-0.2, 0) is 24.3 Å². The number of hydrogen-bond donors (Lipinski definition) is 2. The van der Waals surface area contributed by atoms with Gasteiger partial charge in [0, 0.05) is 25.2 Å². The number of aliphatic imine (C=N–C) groups is 1. The molecule has 0 aliphatic carbocycles. The smallest absolute Gasteiger partial charge is 0.329 e. The second kappa shape index (κ2) is 10.1. The molecule has 1 fully saturated rings. The summed E-state index contributed by atoms with van der Waals surface area (Å²) in [6.07, 6.45) is 3.78. The van der Waals surface area contributed by atoms with Gasteiger partial charge in [0.15, 0.2) is 12.4 Å². The molecule has 0 spiro atoms. The van der Waals surface area contributed by atoms with Crippen LogP contribution >= 0.6 is 0 Å². The van der Waals surface area contributed by atoms with E-state index in [0.29, 0.717) is 38.2 Å². The van der Waals surface area contributed by atoms with Gasteiger partial charge in [-0.05, 0) is 49.6 Å². The van der Waals surface area contributed by atoms with Crippen molar-refractivity contribution in [3.05, 3.63) is 48.4 Å². The number of furan rings is 1. The van der Waals surface area contributed by atoms with Crippen molar-refractivity contribution in [2.24, 2.45) is 4.99 Å². The maximum Gasteiger partial charge on any atom is 0.329 e. The average molecular weight is 489 g/mol. The van der Waals surface area contributed by atoms with Crippen LogP contribution in [0.25, 0.3) is 0 Å². The standard InChI is InChI=1S/C22H24N4O7S/c27-20(14-33-22(29)17-7-3-11-26(17)21(28)18-8-4-12-32-18)24-15-5-1-6-16(13-15)34(30,31)25-19-9-2-10-23-19/h1,4-6,8,12-13,17H,2-3,7,9-11,14H2,(H,23,25)(H,24,27). The summed E-state index contributed by atoms with van der Waals surface area (Å²) in [4.78, 5) is 42.8. The van der Waals surface area contributed by atoms with Crippen LogP contribution in [0.3, 0.4) is 0 Å². The summed E-state index contributed by atoms with van der Waals surface area (Å²) in [5.74, 6) is -1.21. The molecule has 1 atom stereocenters. The molecule has 11 nitrogen and oxygen atoms in total. The van der Waals surface area contributed by atoms with Crippen molar-refractivity contribution >= 4 is 39.3 Å². The Morgan fingerprint density at radius 1 is 1.18 bits per heavy atom. The highest BCUT2D eigenvalue weighted by molar-refractivity contribution is 7.90. The van der Waals surface area contributed by atoms with Crippen LogP contribution in [0.5, 0.6) is 0 Å². The molecule has 2 aliphatic heterocycles. The summed E-state index contributed by atoms with van der Waals surface area (Å²) in [6, 6.07) is 8.01. The lowest BCUT2D eigenvalue weighted by molar-refractivity contribution is -0.151. The molecular weight excluding hydrogens is 464 g/mol. The largest absolute Gasteiger partial charge is 0.459 e. The summed E-state index contributed by atoms with van der Waals surface area (Å²) in [5, 5.41) is 2.52. The highest BCUT2D eigenvalue weighted by Crippen LogP contribution is 2.22. The molecule has 34 heavy (non-hydrogen) atoms. The highest BCUT2D eigenvalue weighted by Gasteiger charge is 2.36. The number of carbonyl (C=O) groups excluding carboxylic acids is 3. The Balaban J connectivity index is 1.32. The molecule has 1 aromatic carbocycles. The van der Waals surface area contributed by atoms with E-state index in [4.69, 9.17) is 9.15 Å². The van der Waals surface area contributed by atoms with E-state index in [1.165, 1.54) is 41.5 Å². The summed E-state index contributed by atoms with van der Waals surface area (Å²) in [7, 11) is -3.83. The third kappa shape index (κ3) is 5.45. The molecule has 1 aromatic heterocycles. The van der Waals surface area contributed by atoms with E-state index in [1.807, 2.05) is 0 Å². The lowest BCUT2D eigenvalue weighted by Gasteiger charge is -2.22. The molecule has 2 amide bonds. The average Bonchev–Trinajstić information content (AvgIpc) is 3.60. The third-order valence-electron chi connectivity index (χ3n) is 5.42. The number of ether oxygens (including phenoxy) is 1. The Labute approximate surface area is 196 Å². The quantitative estimate of drug-likeness (QED) is 0.562. The molecule has 0 radical (unpaired) electrons. The second-order valence-electron chi connectivity index (χ2n) is 7.86. The van der Waals surface area contributed by atoms with Gasteiger partial charge in [0.2, 0.25) is 0 Å². The van der Waals surface area contributed by atoms with Crippen molar-refractivity contribution < 1.29 is 32.0 Å². The predicted octanol–water partition coefficient (Wildman–Crippen LogP) is 1.54. The van der Waals surface area contributed by atoms with E-state index in [9.17, 15) is 22.8 Å². The maximum atomic E-state index is 12.5. The molecule has 2 N–H and O–H groups in total. The number of anilines is 1. The molecule has 0 bridgehead atoms. The number of likely N-dealkylation sites (tertiary alicyclic amines) is 1. The molecule has 3 heterocycles. The zero-order valence-electron chi connectivity index (χ0n) is 18.2. The first-order valence-electron chi connectivity index (χ1n) is 10.8. The van der Waals surface area contributed by atoms with Crippen LogP contribution in [-0.4, -0.2) is 62.7 Å². The number of sulfonamides is 1. The number of amides is 2. The maximum absolute atomic E-state index is 12.5. The fraction of sp³-hybridized carbons (Fsp3) is 0.364. The van der Waals surface area contributed by atoms with Gasteiger partial charge < -0.3 is 19.4 Å². The van der Waals surface area contributed by atoms with Gasteiger partial charge in [0.25, 0.3) is 21.8 Å². The van der Waals surface area contributed by atoms with Gasteiger partial charge in [0.1, 0.15) is 11.9 Å². The molecule has 2 aliphatic rings. The number of nitrogens with zero attached hydrogens (tertiary/aromatic N) is 2. The van der Waals surface area contributed by atoms with Crippen LogP contribution in [0, 0.1) is 0 Å². The first-order chi connectivity index (χ1) is 16.3. The SMILES string of the molecule is O=C(COC(=O)C1CCCN1C(=O)c1ccco1)Nc1cccc(S(=O)(=O)NC2=NCCC2)c1. The topological polar surface area (TPSA) is 147 Å². The molecule has 4 rings (SSSR count). The number of benzene rings is 1. The summed E-state index contributed by atoms with van der Waals surface area (Å²) in [5.41, 5.74) is 0.229. The molecule has 1 saturated heterocycles.